The number of benzene rings is 1. The summed E-state index contributed by atoms with van der Waals surface area (Å²) in [6, 6.07) is 1.05. The van der Waals surface area contributed by atoms with E-state index in [1.807, 2.05) is 0 Å². The third-order valence-corrected chi connectivity index (χ3v) is 2.95. The van der Waals surface area contributed by atoms with Crippen LogP contribution in [0.2, 0.25) is 0 Å². The molecule has 90 valence electrons. The van der Waals surface area contributed by atoms with Gasteiger partial charge in [-0.15, -0.1) is 0 Å². The van der Waals surface area contributed by atoms with Crippen LogP contribution >= 0.6 is 15.9 Å². The molecule has 6 heteroatoms. The molecule has 1 aromatic carbocycles. The van der Waals surface area contributed by atoms with Crippen LogP contribution in [0, 0.1) is 5.82 Å². The standard InChI is InChI=1S/C10H13BrFNO3/c1-13-4-6(14)8-9(11)5(12)3-7(16-2)10(8)15/h3,6,13-15H,4H2,1-2H3. The minimum atomic E-state index is -1.02. The summed E-state index contributed by atoms with van der Waals surface area (Å²) in [5.74, 6) is -0.871. The van der Waals surface area contributed by atoms with E-state index in [-0.39, 0.29) is 28.1 Å². The van der Waals surface area contributed by atoms with E-state index in [0.717, 1.165) is 6.07 Å². The average molecular weight is 294 g/mol. The number of aliphatic hydroxyl groups excluding tert-OH is 1. The van der Waals surface area contributed by atoms with Crippen molar-refractivity contribution >= 4 is 15.9 Å². The molecule has 0 fully saturated rings. The largest absolute Gasteiger partial charge is 0.504 e. The van der Waals surface area contributed by atoms with Gasteiger partial charge in [0.25, 0.3) is 0 Å². The molecule has 0 spiro atoms. The van der Waals surface area contributed by atoms with E-state index in [1.165, 1.54) is 7.11 Å². The topological polar surface area (TPSA) is 61.7 Å². The first-order chi connectivity index (χ1) is 7.52. The van der Waals surface area contributed by atoms with Gasteiger partial charge in [0.2, 0.25) is 0 Å². The Labute approximate surface area is 101 Å². The van der Waals surface area contributed by atoms with Gasteiger partial charge in [0.05, 0.1) is 17.7 Å². The Kier molecular flexibility index (Phi) is 4.52. The number of likely N-dealkylation sites (N-methyl/N-ethyl adjacent to an activating group) is 1. The van der Waals surface area contributed by atoms with Gasteiger partial charge in [-0.2, -0.15) is 0 Å². The van der Waals surface area contributed by atoms with Crippen molar-refractivity contribution < 1.29 is 19.3 Å². The predicted octanol–water partition coefficient (Wildman–Crippen LogP) is 1.56. The van der Waals surface area contributed by atoms with E-state index in [1.54, 1.807) is 7.05 Å². The number of rotatable bonds is 4. The predicted molar refractivity (Wildman–Crippen MR) is 61.2 cm³/mol. The van der Waals surface area contributed by atoms with Crippen molar-refractivity contribution in [3.05, 3.63) is 21.9 Å². The van der Waals surface area contributed by atoms with Crippen LogP contribution in [-0.4, -0.2) is 30.9 Å². The van der Waals surface area contributed by atoms with Crippen molar-refractivity contribution in [1.82, 2.24) is 5.32 Å². The highest BCUT2D eigenvalue weighted by Gasteiger charge is 2.22. The molecule has 0 aliphatic carbocycles. The van der Waals surface area contributed by atoms with Crippen molar-refractivity contribution in [2.24, 2.45) is 0 Å². The second kappa shape index (κ2) is 5.47. The third-order valence-electron chi connectivity index (χ3n) is 2.14. The molecule has 0 bridgehead atoms. The third kappa shape index (κ3) is 2.45. The van der Waals surface area contributed by atoms with Crippen LogP contribution in [0.5, 0.6) is 11.5 Å². The lowest BCUT2D eigenvalue weighted by Gasteiger charge is -2.16. The number of hydrogen-bond acceptors (Lipinski definition) is 4. The molecule has 0 saturated heterocycles. The monoisotopic (exact) mass is 293 g/mol. The van der Waals surface area contributed by atoms with Gasteiger partial charge in [-0.1, -0.05) is 0 Å². The molecule has 1 rings (SSSR count). The zero-order chi connectivity index (χ0) is 12.3. The molecule has 16 heavy (non-hydrogen) atoms. The average Bonchev–Trinajstić information content (AvgIpc) is 2.24. The minimum Gasteiger partial charge on any atom is -0.504 e. The van der Waals surface area contributed by atoms with Crippen LogP contribution < -0.4 is 10.1 Å². The van der Waals surface area contributed by atoms with Crippen molar-refractivity contribution in [1.29, 1.82) is 0 Å². The van der Waals surface area contributed by atoms with Crippen LogP contribution in [0.3, 0.4) is 0 Å². The molecule has 0 radical (unpaired) electrons. The summed E-state index contributed by atoms with van der Waals surface area (Å²) < 4.78 is 18.3. The minimum absolute atomic E-state index is 0.00847. The summed E-state index contributed by atoms with van der Waals surface area (Å²) in [6.45, 7) is 0.193. The Morgan fingerprint density at radius 3 is 2.75 bits per heavy atom. The molecule has 1 aromatic rings. The first-order valence-corrected chi connectivity index (χ1v) is 5.39. The number of aliphatic hydroxyl groups is 1. The van der Waals surface area contributed by atoms with E-state index in [0.29, 0.717) is 0 Å². The van der Waals surface area contributed by atoms with Crippen molar-refractivity contribution in [3.8, 4) is 11.5 Å². The molecular weight excluding hydrogens is 281 g/mol. The summed E-state index contributed by atoms with van der Waals surface area (Å²) in [5, 5.41) is 22.3. The first-order valence-electron chi connectivity index (χ1n) is 4.60. The highest BCUT2D eigenvalue weighted by molar-refractivity contribution is 9.10. The second-order valence-electron chi connectivity index (χ2n) is 3.21. The second-order valence-corrected chi connectivity index (χ2v) is 4.00. The van der Waals surface area contributed by atoms with E-state index in [9.17, 15) is 14.6 Å². The lowest BCUT2D eigenvalue weighted by molar-refractivity contribution is 0.171. The maximum absolute atomic E-state index is 13.4. The maximum Gasteiger partial charge on any atom is 0.164 e. The van der Waals surface area contributed by atoms with E-state index in [4.69, 9.17) is 4.74 Å². The maximum atomic E-state index is 13.4. The lowest BCUT2D eigenvalue weighted by atomic mass is 10.1. The van der Waals surface area contributed by atoms with Crippen LogP contribution in [0.1, 0.15) is 11.7 Å². The molecular formula is C10H13BrFNO3. The number of aromatic hydroxyl groups is 1. The van der Waals surface area contributed by atoms with Gasteiger partial charge in [-0.3, -0.25) is 0 Å². The fourth-order valence-corrected chi connectivity index (χ4v) is 1.93. The highest BCUT2D eigenvalue weighted by Crippen LogP contribution is 2.40. The molecule has 1 unspecified atom stereocenters. The Morgan fingerprint density at radius 2 is 2.25 bits per heavy atom. The van der Waals surface area contributed by atoms with E-state index in [2.05, 4.69) is 21.2 Å². The van der Waals surface area contributed by atoms with Gasteiger partial charge in [-0.05, 0) is 23.0 Å². The SMILES string of the molecule is CNCC(O)c1c(O)c(OC)cc(F)c1Br. The lowest BCUT2D eigenvalue weighted by Crippen LogP contribution is -2.17. The fraction of sp³-hybridized carbons (Fsp3) is 0.400. The fourth-order valence-electron chi connectivity index (χ4n) is 1.37. The number of phenols is 1. The number of halogens is 2. The van der Waals surface area contributed by atoms with Crippen molar-refractivity contribution in [3.63, 3.8) is 0 Å². The molecule has 1 atom stereocenters. The van der Waals surface area contributed by atoms with Gasteiger partial charge in [-0.25, -0.2) is 4.39 Å². The number of methoxy groups -OCH3 is 1. The number of ether oxygens (including phenoxy) is 1. The van der Waals surface area contributed by atoms with Gasteiger partial charge in [0, 0.05) is 18.2 Å². The Bertz CT molecular complexity index is 387. The van der Waals surface area contributed by atoms with Gasteiger partial charge >= 0.3 is 0 Å². The van der Waals surface area contributed by atoms with Crippen LogP contribution in [0.4, 0.5) is 4.39 Å². The van der Waals surface area contributed by atoms with Crippen molar-refractivity contribution in [2.75, 3.05) is 20.7 Å². The van der Waals surface area contributed by atoms with Gasteiger partial charge < -0.3 is 20.3 Å². The summed E-state index contributed by atoms with van der Waals surface area (Å²) in [5.41, 5.74) is 0.0752. The zero-order valence-corrected chi connectivity index (χ0v) is 10.5. The Balaban J connectivity index is 3.29. The smallest absolute Gasteiger partial charge is 0.164 e. The van der Waals surface area contributed by atoms with Crippen LogP contribution in [0.15, 0.2) is 10.5 Å². The molecule has 0 amide bonds. The van der Waals surface area contributed by atoms with Crippen LogP contribution in [-0.2, 0) is 0 Å². The molecule has 0 heterocycles. The first kappa shape index (κ1) is 13.2. The molecule has 3 N–H and O–H groups in total. The summed E-state index contributed by atoms with van der Waals surface area (Å²) in [6.07, 6.45) is -1.02. The molecule has 0 saturated carbocycles. The normalized spacial score (nSPS) is 12.6. The quantitative estimate of drug-likeness (QED) is 0.788. The zero-order valence-electron chi connectivity index (χ0n) is 8.92. The summed E-state index contributed by atoms with van der Waals surface area (Å²) >= 11 is 2.99. The summed E-state index contributed by atoms with van der Waals surface area (Å²) in [4.78, 5) is 0. The molecule has 0 aliphatic rings. The van der Waals surface area contributed by atoms with Gasteiger partial charge in [0.15, 0.2) is 11.5 Å². The highest BCUT2D eigenvalue weighted by atomic mass is 79.9. The Hall–Kier alpha value is -0.850. The summed E-state index contributed by atoms with van der Waals surface area (Å²) in [7, 11) is 2.96. The van der Waals surface area contributed by atoms with Crippen LogP contribution in [0.25, 0.3) is 0 Å². The van der Waals surface area contributed by atoms with E-state index >= 15 is 0 Å². The van der Waals surface area contributed by atoms with E-state index < -0.39 is 11.9 Å². The molecule has 4 nitrogen and oxygen atoms in total. The molecule has 0 aliphatic heterocycles. The number of phenolic OH excluding ortho intramolecular Hbond substituents is 1. The van der Waals surface area contributed by atoms with Crippen molar-refractivity contribution in [2.45, 2.75) is 6.10 Å². The van der Waals surface area contributed by atoms with Gasteiger partial charge in [0.1, 0.15) is 5.82 Å². The number of hydrogen-bond donors (Lipinski definition) is 3. The molecule has 0 aromatic heterocycles. The Morgan fingerprint density at radius 1 is 1.62 bits per heavy atom. The number of nitrogens with one attached hydrogen (secondary N) is 1.